The molecule has 19 heavy (non-hydrogen) atoms. The van der Waals surface area contributed by atoms with Crippen LogP contribution in [0.3, 0.4) is 0 Å². The van der Waals surface area contributed by atoms with Crippen LogP contribution in [0.4, 0.5) is 0 Å². The minimum Gasteiger partial charge on any atom is -0.347 e. The van der Waals surface area contributed by atoms with E-state index in [2.05, 4.69) is 25.8 Å². The molecular weight excluding hydrogens is 252 g/mol. The average molecular weight is 278 g/mol. The molecule has 1 saturated carbocycles. The summed E-state index contributed by atoms with van der Waals surface area (Å²) in [7, 11) is 0. The van der Waals surface area contributed by atoms with E-state index in [1.807, 2.05) is 0 Å². The zero-order chi connectivity index (χ0) is 13.8. The molecule has 1 fully saturated rings. The summed E-state index contributed by atoms with van der Waals surface area (Å²) in [5.74, 6) is 2.17. The van der Waals surface area contributed by atoms with Crippen molar-refractivity contribution in [3.8, 4) is 0 Å². The van der Waals surface area contributed by atoms with Crippen molar-refractivity contribution >= 4 is 12.2 Å². The first-order valence-electron chi connectivity index (χ1n) is 7.70. The van der Waals surface area contributed by atoms with Crippen LogP contribution in [0, 0.1) is 11.6 Å². The van der Waals surface area contributed by atoms with Crippen LogP contribution in [-0.4, -0.2) is 9.97 Å². The zero-order valence-corrected chi connectivity index (χ0v) is 13.3. The Morgan fingerprint density at radius 2 is 1.68 bits per heavy atom. The van der Waals surface area contributed by atoms with Crippen molar-refractivity contribution in [2.24, 2.45) is 0 Å². The number of hydrogen-bond donors (Lipinski definition) is 1. The molecule has 0 aromatic carbocycles. The van der Waals surface area contributed by atoms with E-state index < -0.39 is 0 Å². The normalized spacial score (nSPS) is 18.3. The lowest BCUT2D eigenvalue weighted by atomic mass is 9.90. The van der Waals surface area contributed by atoms with Crippen LogP contribution >= 0.6 is 12.2 Å². The third kappa shape index (κ3) is 3.65. The van der Waals surface area contributed by atoms with Crippen molar-refractivity contribution in [3.63, 3.8) is 0 Å². The Morgan fingerprint density at radius 1 is 1.11 bits per heavy atom. The molecule has 0 spiro atoms. The lowest BCUT2D eigenvalue weighted by Crippen LogP contribution is -2.10. The lowest BCUT2D eigenvalue weighted by molar-refractivity contribution is 0.441. The number of nitrogens with zero attached hydrogens (tertiary/aromatic N) is 1. The van der Waals surface area contributed by atoms with Gasteiger partial charge in [0.15, 0.2) is 0 Å². The highest BCUT2D eigenvalue weighted by atomic mass is 32.1. The van der Waals surface area contributed by atoms with E-state index in [-0.39, 0.29) is 0 Å². The molecule has 0 aliphatic heterocycles. The number of H-pyrrole nitrogens is 1. The molecule has 1 aromatic heterocycles. The van der Waals surface area contributed by atoms with Gasteiger partial charge in [0, 0.05) is 17.2 Å². The van der Waals surface area contributed by atoms with E-state index in [0.717, 1.165) is 10.5 Å². The van der Waals surface area contributed by atoms with Crippen LogP contribution in [0.15, 0.2) is 0 Å². The SMILES string of the molecule is Cc1[nH]c(C2CCCCCCC2)nc(=S)c1C(C)C. The molecule has 1 aliphatic rings. The molecule has 1 N–H and O–H groups in total. The van der Waals surface area contributed by atoms with Gasteiger partial charge in [-0.15, -0.1) is 0 Å². The predicted molar refractivity (Wildman–Crippen MR) is 83.3 cm³/mol. The largest absolute Gasteiger partial charge is 0.347 e. The van der Waals surface area contributed by atoms with Crippen molar-refractivity contribution in [3.05, 3.63) is 21.7 Å². The maximum atomic E-state index is 5.50. The summed E-state index contributed by atoms with van der Waals surface area (Å²) in [5, 5.41) is 0. The molecule has 1 heterocycles. The maximum Gasteiger partial charge on any atom is 0.133 e. The quantitative estimate of drug-likeness (QED) is 0.734. The number of rotatable bonds is 2. The van der Waals surface area contributed by atoms with Gasteiger partial charge in [0.1, 0.15) is 10.5 Å². The number of aromatic amines is 1. The third-order valence-corrected chi connectivity index (χ3v) is 4.55. The molecule has 0 saturated heterocycles. The molecule has 0 amide bonds. The first-order valence-corrected chi connectivity index (χ1v) is 8.11. The van der Waals surface area contributed by atoms with Gasteiger partial charge < -0.3 is 4.98 Å². The summed E-state index contributed by atoms with van der Waals surface area (Å²) in [5.41, 5.74) is 2.43. The molecule has 106 valence electrons. The van der Waals surface area contributed by atoms with Crippen molar-refractivity contribution in [2.45, 2.75) is 77.6 Å². The number of nitrogens with one attached hydrogen (secondary N) is 1. The molecule has 1 aromatic rings. The Hall–Kier alpha value is -0.700. The maximum absolute atomic E-state index is 5.50. The van der Waals surface area contributed by atoms with E-state index in [1.54, 1.807) is 0 Å². The van der Waals surface area contributed by atoms with Crippen LogP contribution in [0.25, 0.3) is 0 Å². The van der Waals surface area contributed by atoms with Crippen molar-refractivity contribution in [2.75, 3.05) is 0 Å². The van der Waals surface area contributed by atoms with E-state index >= 15 is 0 Å². The fourth-order valence-corrected chi connectivity index (χ4v) is 3.71. The van der Waals surface area contributed by atoms with E-state index in [0.29, 0.717) is 11.8 Å². The lowest BCUT2D eigenvalue weighted by Gasteiger charge is -2.20. The van der Waals surface area contributed by atoms with Gasteiger partial charge in [-0.3, -0.25) is 0 Å². The highest BCUT2D eigenvalue weighted by molar-refractivity contribution is 7.71. The zero-order valence-electron chi connectivity index (χ0n) is 12.5. The van der Waals surface area contributed by atoms with Gasteiger partial charge >= 0.3 is 0 Å². The van der Waals surface area contributed by atoms with Crippen LogP contribution in [0.5, 0.6) is 0 Å². The summed E-state index contributed by atoms with van der Waals surface area (Å²) >= 11 is 5.50. The summed E-state index contributed by atoms with van der Waals surface area (Å²) in [4.78, 5) is 8.25. The summed E-state index contributed by atoms with van der Waals surface area (Å²) in [6, 6.07) is 0. The Bertz CT molecular complexity index is 468. The van der Waals surface area contributed by atoms with Gasteiger partial charge in [0.05, 0.1) is 0 Å². The smallest absolute Gasteiger partial charge is 0.133 e. The summed E-state index contributed by atoms with van der Waals surface area (Å²) in [6.45, 7) is 6.51. The van der Waals surface area contributed by atoms with Gasteiger partial charge in [-0.1, -0.05) is 58.2 Å². The van der Waals surface area contributed by atoms with Crippen molar-refractivity contribution in [1.82, 2.24) is 9.97 Å². The molecule has 2 nitrogen and oxygen atoms in total. The standard InChI is InChI=1S/C16H26N2S/c1-11(2)14-12(3)17-15(18-16(14)19)13-9-7-5-4-6-8-10-13/h11,13H,4-10H2,1-3H3,(H,17,18,19). The summed E-state index contributed by atoms with van der Waals surface area (Å²) < 4.78 is 0.809. The van der Waals surface area contributed by atoms with Gasteiger partial charge in [0.25, 0.3) is 0 Å². The second-order valence-electron chi connectivity index (χ2n) is 6.16. The Kier molecular flexibility index (Phi) is 5.14. The van der Waals surface area contributed by atoms with Crippen LogP contribution in [-0.2, 0) is 0 Å². The Labute approximate surface area is 122 Å². The fourth-order valence-electron chi connectivity index (χ4n) is 3.22. The molecule has 1 aliphatic carbocycles. The predicted octanol–water partition coefficient (Wildman–Crippen LogP) is 5.40. The highest BCUT2D eigenvalue weighted by Crippen LogP contribution is 2.30. The molecule has 0 bridgehead atoms. The molecular formula is C16H26N2S. The first-order chi connectivity index (χ1) is 9.09. The minimum atomic E-state index is 0.447. The van der Waals surface area contributed by atoms with Crippen molar-refractivity contribution < 1.29 is 0 Å². The molecule has 2 rings (SSSR count). The topological polar surface area (TPSA) is 28.7 Å². The number of hydrogen-bond acceptors (Lipinski definition) is 2. The monoisotopic (exact) mass is 278 g/mol. The van der Waals surface area contributed by atoms with Gasteiger partial charge in [-0.05, 0) is 25.7 Å². The minimum absolute atomic E-state index is 0.447. The van der Waals surface area contributed by atoms with Crippen molar-refractivity contribution in [1.29, 1.82) is 0 Å². The van der Waals surface area contributed by atoms with Crippen LogP contribution in [0.1, 0.15) is 87.7 Å². The number of aromatic nitrogens is 2. The second-order valence-corrected chi connectivity index (χ2v) is 6.55. The highest BCUT2D eigenvalue weighted by Gasteiger charge is 2.17. The van der Waals surface area contributed by atoms with E-state index in [1.165, 1.54) is 56.2 Å². The third-order valence-electron chi connectivity index (χ3n) is 4.24. The number of aryl methyl sites for hydroxylation is 1. The van der Waals surface area contributed by atoms with Crippen LogP contribution in [0.2, 0.25) is 0 Å². The average Bonchev–Trinajstić information content (AvgIpc) is 2.26. The molecule has 0 atom stereocenters. The Balaban J connectivity index is 2.27. The van der Waals surface area contributed by atoms with E-state index in [4.69, 9.17) is 17.2 Å². The first kappa shape index (κ1) is 14.7. The summed E-state index contributed by atoms with van der Waals surface area (Å²) in [6.07, 6.45) is 9.34. The van der Waals surface area contributed by atoms with Gasteiger partial charge in [0.2, 0.25) is 0 Å². The molecule has 0 unspecified atom stereocenters. The Morgan fingerprint density at radius 3 is 2.21 bits per heavy atom. The molecule has 3 heteroatoms. The van der Waals surface area contributed by atoms with Crippen LogP contribution < -0.4 is 0 Å². The van der Waals surface area contributed by atoms with Gasteiger partial charge in [-0.2, -0.15) is 0 Å². The molecule has 0 radical (unpaired) electrons. The fraction of sp³-hybridized carbons (Fsp3) is 0.750. The second kappa shape index (κ2) is 6.65. The van der Waals surface area contributed by atoms with Gasteiger partial charge in [-0.25, -0.2) is 4.98 Å². The van der Waals surface area contributed by atoms with E-state index in [9.17, 15) is 0 Å².